The van der Waals surface area contributed by atoms with Crippen LogP contribution in [0.25, 0.3) is 0 Å². The third kappa shape index (κ3) is 4.42. The van der Waals surface area contributed by atoms with Gasteiger partial charge >= 0.3 is 6.18 Å². The molecule has 8 heteroatoms. The van der Waals surface area contributed by atoms with E-state index in [0.717, 1.165) is 22.9 Å². The van der Waals surface area contributed by atoms with Gasteiger partial charge in [-0.15, -0.1) is 0 Å². The molecule has 0 radical (unpaired) electrons. The maximum atomic E-state index is 13.0. The first kappa shape index (κ1) is 17.9. The molecule has 0 aromatic heterocycles. The molecule has 0 heterocycles. The lowest BCUT2D eigenvalue weighted by molar-refractivity contribution is -0.139. The molecular formula is C13H19F3N2O2S. The van der Waals surface area contributed by atoms with E-state index < -0.39 is 26.7 Å². The quantitative estimate of drug-likeness (QED) is 0.838. The Morgan fingerprint density at radius 2 is 1.81 bits per heavy atom. The molecule has 0 saturated carbocycles. The Labute approximate surface area is 122 Å². The average molecular weight is 324 g/mol. The second kappa shape index (κ2) is 7.24. The Hall–Kier alpha value is -1.12. The van der Waals surface area contributed by atoms with Gasteiger partial charge in [0.2, 0.25) is 10.0 Å². The molecule has 21 heavy (non-hydrogen) atoms. The van der Waals surface area contributed by atoms with Gasteiger partial charge in [-0.25, -0.2) is 8.42 Å². The Morgan fingerprint density at radius 3 is 2.33 bits per heavy atom. The van der Waals surface area contributed by atoms with E-state index in [-0.39, 0.29) is 19.6 Å². The molecular weight excluding hydrogens is 305 g/mol. The van der Waals surface area contributed by atoms with Crippen molar-refractivity contribution in [3.05, 3.63) is 29.8 Å². The van der Waals surface area contributed by atoms with E-state index in [9.17, 15) is 21.6 Å². The lowest BCUT2D eigenvalue weighted by Gasteiger charge is -2.23. The van der Waals surface area contributed by atoms with Crippen LogP contribution in [0.5, 0.6) is 0 Å². The number of unbranched alkanes of at least 4 members (excludes halogenated alkanes) is 1. The fourth-order valence-corrected chi connectivity index (χ4v) is 3.60. The third-order valence-electron chi connectivity index (χ3n) is 2.95. The van der Waals surface area contributed by atoms with Crippen molar-refractivity contribution in [2.75, 3.05) is 19.6 Å². The first-order chi connectivity index (χ1) is 9.75. The molecule has 4 nitrogen and oxygen atoms in total. The second-order valence-electron chi connectivity index (χ2n) is 4.54. The van der Waals surface area contributed by atoms with E-state index in [1.54, 1.807) is 0 Å². The van der Waals surface area contributed by atoms with Crippen LogP contribution < -0.4 is 5.73 Å². The number of benzene rings is 1. The van der Waals surface area contributed by atoms with Crippen LogP contribution in [0.15, 0.2) is 29.2 Å². The molecule has 0 saturated heterocycles. The van der Waals surface area contributed by atoms with Crippen molar-refractivity contribution in [3.63, 3.8) is 0 Å². The van der Waals surface area contributed by atoms with Crippen LogP contribution in [0.3, 0.4) is 0 Å². The molecule has 0 atom stereocenters. The Bertz CT molecular complexity index is 559. The van der Waals surface area contributed by atoms with Crippen molar-refractivity contribution in [3.8, 4) is 0 Å². The van der Waals surface area contributed by atoms with Crippen molar-refractivity contribution >= 4 is 10.0 Å². The SMILES string of the molecule is CCCCN(CCN)S(=O)(=O)c1ccccc1C(F)(F)F. The number of nitrogens with zero attached hydrogens (tertiary/aromatic N) is 1. The average Bonchev–Trinajstić information content (AvgIpc) is 2.42. The summed E-state index contributed by atoms with van der Waals surface area (Å²) in [4.78, 5) is -0.720. The Kier molecular flexibility index (Phi) is 6.18. The predicted molar refractivity (Wildman–Crippen MR) is 74.2 cm³/mol. The topological polar surface area (TPSA) is 63.4 Å². The van der Waals surface area contributed by atoms with E-state index in [1.165, 1.54) is 12.1 Å². The number of halogens is 3. The Balaban J connectivity index is 3.28. The third-order valence-corrected chi connectivity index (χ3v) is 4.91. The first-order valence-corrected chi connectivity index (χ1v) is 8.05. The minimum absolute atomic E-state index is 0.00543. The Morgan fingerprint density at radius 1 is 1.19 bits per heavy atom. The monoisotopic (exact) mass is 324 g/mol. The summed E-state index contributed by atoms with van der Waals surface area (Å²) in [6.07, 6.45) is -3.42. The van der Waals surface area contributed by atoms with Crippen LogP contribution in [-0.2, 0) is 16.2 Å². The zero-order chi connectivity index (χ0) is 16.1. The largest absolute Gasteiger partial charge is 0.417 e. The van der Waals surface area contributed by atoms with Gasteiger partial charge in [-0.05, 0) is 18.6 Å². The van der Waals surface area contributed by atoms with Gasteiger partial charge in [0.1, 0.15) is 0 Å². The number of hydrogen-bond acceptors (Lipinski definition) is 3. The number of sulfonamides is 1. The fraction of sp³-hybridized carbons (Fsp3) is 0.538. The highest BCUT2D eigenvalue weighted by Crippen LogP contribution is 2.35. The van der Waals surface area contributed by atoms with Gasteiger partial charge in [0.25, 0.3) is 0 Å². The maximum absolute atomic E-state index is 13.0. The van der Waals surface area contributed by atoms with E-state index in [2.05, 4.69) is 0 Å². The van der Waals surface area contributed by atoms with Crippen LogP contribution in [0, 0.1) is 0 Å². The summed E-state index contributed by atoms with van der Waals surface area (Å²) in [6, 6.07) is 4.20. The summed E-state index contributed by atoms with van der Waals surface area (Å²) in [5.74, 6) is 0. The van der Waals surface area contributed by atoms with E-state index in [1.807, 2.05) is 6.92 Å². The molecule has 0 aliphatic rings. The molecule has 2 N–H and O–H groups in total. The highest BCUT2D eigenvalue weighted by atomic mass is 32.2. The van der Waals surface area contributed by atoms with Gasteiger partial charge in [0, 0.05) is 19.6 Å². The van der Waals surface area contributed by atoms with Gasteiger partial charge in [0.15, 0.2) is 0 Å². The first-order valence-electron chi connectivity index (χ1n) is 6.61. The van der Waals surface area contributed by atoms with Gasteiger partial charge in [0.05, 0.1) is 10.5 Å². The summed E-state index contributed by atoms with van der Waals surface area (Å²) < 4.78 is 64.9. The van der Waals surface area contributed by atoms with E-state index >= 15 is 0 Å². The zero-order valence-corrected chi connectivity index (χ0v) is 12.5. The van der Waals surface area contributed by atoms with Crippen LogP contribution in [0.2, 0.25) is 0 Å². The van der Waals surface area contributed by atoms with Crippen molar-refractivity contribution in [2.45, 2.75) is 30.8 Å². The smallest absolute Gasteiger partial charge is 0.329 e. The molecule has 1 aromatic rings. The van der Waals surface area contributed by atoms with E-state index in [4.69, 9.17) is 5.73 Å². The van der Waals surface area contributed by atoms with Crippen LogP contribution in [0.4, 0.5) is 13.2 Å². The van der Waals surface area contributed by atoms with Crippen molar-refractivity contribution in [1.29, 1.82) is 0 Å². The predicted octanol–water partition coefficient (Wildman–Crippen LogP) is 2.45. The van der Waals surface area contributed by atoms with Crippen molar-refractivity contribution in [1.82, 2.24) is 4.31 Å². The molecule has 0 bridgehead atoms. The summed E-state index contributed by atoms with van der Waals surface area (Å²) in [5.41, 5.74) is 4.22. The zero-order valence-electron chi connectivity index (χ0n) is 11.7. The van der Waals surface area contributed by atoms with Crippen LogP contribution >= 0.6 is 0 Å². The normalized spacial score (nSPS) is 12.9. The lowest BCUT2D eigenvalue weighted by Crippen LogP contribution is -2.37. The summed E-state index contributed by atoms with van der Waals surface area (Å²) >= 11 is 0. The fourth-order valence-electron chi connectivity index (χ4n) is 1.90. The molecule has 0 fully saturated rings. The van der Waals surface area contributed by atoms with Gasteiger partial charge < -0.3 is 5.73 Å². The summed E-state index contributed by atoms with van der Waals surface area (Å²) in [6.45, 7) is 2.07. The van der Waals surface area contributed by atoms with Crippen LogP contribution in [-0.4, -0.2) is 32.4 Å². The highest BCUT2D eigenvalue weighted by molar-refractivity contribution is 7.89. The molecule has 1 aromatic carbocycles. The highest BCUT2D eigenvalue weighted by Gasteiger charge is 2.38. The van der Waals surface area contributed by atoms with E-state index in [0.29, 0.717) is 6.42 Å². The molecule has 0 aliphatic carbocycles. The molecule has 120 valence electrons. The number of hydrogen-bond donors (Lipinski definition) is 1. The van der Waals surface area contributed by atoms with Gasteiger partial charge in [-0.3, -0.25) is 0 Å². The van der Waals surface area contributed by atoms with Crippen molar-refractivity contribution < 1.29 is 21.6 Å². The van der Waals surface area contributed by atoms with Crippen LogP contribution in [0.1, 0.15) is 25.3 Å². The summed E-state index contributed by atoms with van der Waals surface area (Å²) in [5, 5.41) is 0. The number of nitrogens with two attached hydrogens (primary N) is 1. The number of rotatable bonds is 7. The standard InChI is InChI=1S/C13H19F3N2O2S/c1-2-3-9-18(10-8-17)21(19,20)12-7-5-4-6-11(12)13(14,15)16/h4-7H,2-3,8-10,17H2,1H3. The molecule has 0 unspecified atom stereocenters. The van der Waals surface area contributed by atoms with Gasteiger partial charge in [-0.2, -0.15) is 17.5 Å². The second-order valence-corrected chi connectivity index (χ2v) is 6.45. The molecule has 1 rings (SSSR count). The summed E-state index contributed by atoms with van der Waals surface area (Å²) in [7, 11) is -4.22. The minimum Gasteiger partial charge on any atom is -0.329 e. The minimum atomic E-state index is -4.72. The molecule has 0 aliphatic heterocycles. The van der Waals surface area contributed by atoms with Gasteiger partial charge in [-0.1, -0.05) is 25.5 Å². The number of alkyl halides is 3. The lowest BCUT2D eigenvalue weighted by atomic mass is 10.2. The molecule has 0 amide bonds. The maximum Gasteiger partial charge on any atom is 0.417 e. The molecule has 0 spiro atoms. The van der Waals surface area contributed by atoms with Crippen molar-refractivity contribution in [2.24, 2.45) is 5.73 Å².